The summed E-state index contributed by atoms with van der Waals surface area (Å²) >= 11 is 0. The molecule has 1 aromatic heterocycles. The summed E-state index contributed by atoms with van der Waals surface area (Å²) < 4.78 is 5.35. The second kappa shape index (κ2) is 6.02. The second-order valence-electron chi connectivity index (χ2n) is 6.17. The van der Waals surface area contributed by atoms with E-state index in [1.54, 1.807) is 0 Å². The van der Waals surface area contributed by atoms with Gasteiger partial charge in [0.2, 0.25) is 0 Å². The Bertz CT molecular complexity index is 542. The highest BCUT2D eigenvalue weighted by molar-refractivity contribution is 5.94. The highest BCUT2D eigenvalue weighted by Crippen LogP contribution is 2.25. The number of piperazine rings is 1. The van der Waals surface area contributed by atoms with Crippen LogP contribution < -0.4 is 0 Å². The molecule has 0 aromatic carbocycles. The Labute approximate surface area is 125 Å². The molecule has 21 heavy (non-hydrogen) atoms. The molecule has 0 bridgehead atoms. The number of nitrogens with zero attached hydrogens (tertiary/aromatic N) is 3. The van der Waals surface area contributed by atoms with Gasteiger partial charge in [-0.05, 0) is 26.2 Å². The summed E-state index contributed by atoms with van der Waals surface area (Å²) in [4.78, 5) is 16.9. The fourth-order valence-electron chi connectivity index (χ4n) is 3.19. The molecule has 0 saturated carbocycles. The standard InChI is InChI=1S/C16H23N3O2/c1-12(2)11-18-7-9-19(10-8-18)16(20)15-13-5-3-4-6-14(13)21-17-15/h1,3-11H2,2H3. The number of aryl methyl sites for hydroxylation is 1. The van der Waals surface area contributed by atoms with Crippen molar-refractivity contribution in [1.82, 2.24) is 15.0 Å². The van der Waals surface area contributed by atoms with Crippen molar-refractivity contribution in [3.8, 4) is 0 Å². The van der Waals surface area contributed by atoms with Crippen LogP contribution in [0, 0.1) is 0 Å². The van der Waals surface area contributed by atoms with E-state index < -0.39 is 0 Å². The minimum Gasteiger partial charge on any atom is -0.360 e. The minimum absolute atomic E-state index is 0.0388. The third-order valence-corrected chi connectivity index (χ3v) is 4.31. The zero-order chi connectivity index (χ0) is 14.8. The fourth-order valence-corrected chi connectivity index (χ4v) is 3.19. The van der Waals surface area contributed by atoms with E-state index in [-0.39, 0.29) is 5.91 Å². The van der Waals surface area contributed by atoms with Crippen LogP contribution in [0.4, 0.5) is 0 Å². The van der Waals surface area contributed by atoms with Crippen molar-refractivity contribution < 1.29 is 9.32 Å². The zero-order valence-electron chi connectivity index (χ0n) is 12.7. The Balaban J connectivity index is 1.64. The zero-order valence-corrected chi connectivity index (χ0v) is 12.7. The van der Waals surface area contributed by atoms with E-state index in [0.29, 0.717) is 5.69 Å². The lowest BCUT2D eigenvalue weighted by molar-refractivity contribution is 0.0637. The summed E-state index contributed by atoms with van der Waals surface area (Å²) in [5.74, 6) is 0.961. The normalized spacial score (nSPS) is 19.4. The molecule has 0 unspecified atom stereocenters. The monoisotopic (exact) mass is 289 g/mol. The molecule has 1 fully saturated rings. The van der Waals surface area contributed by atoms with Gasteiger partial charge in [-0.1, -0.05) is 17.3 Å². The van der Waals surface area contributed by atoms with E-state index in [9.17, 15) is 4.79 Å². The molecule has 1 amide bonds. The van der Waals surface area contributed by atoms with Gasteiger partial charge in [-0.2, -0.15) is 0 Å². The summed E-state index contributed by atoms with van der Waals surface area (Å²) in [6.45, 7) is 10.2. The van der Waals surface area contributed by atoms with E-state index in [4.69, 9.17) is 4.52 Å². The molecule has 114 valence electrons. The van der Waals surface area contributed by atoms with E-state index >= 15 is 0 Å². The first-order valence-electron chi connectivity index (χ1n) is 7.78. The quantitative estimate of drug-likeness (QED) is 0.797. The van der Waals surface area contributed by atoms with Crippen molar-refractivity contribution in [2.45, 2.75) is 32.6 Å². The molecule has 1 saturated heterocycles. The highest BCUT2D eigenvalue weighted by Gasteiger charge is 2.29. The SMILES string of the molecule is C=C(C)CN1CCN(C(=O)c2noc3c2CCCC3)CC1. The first-order chi connectivity index (χ1) is 10.1. The van der Waals surface area contributed by atoms with Crippen LogP contribution in [0.2, 0.25) is 0 Å². The average molecular weight is 289 g/mol. The number of fused-ring (bicyclic) bond motifs is 1. The minimum atomic E-state index is 0.0388. The molecular formula is C16H23N3O2. The van der Waals surface area contributed by atoms with Crippen LogP contribution in [-0.4, -0.2) is 53.6 Å². The lowest BCUT2D eigenvalue weighted by Crippen LogP contribution is -2.49. The van der Waals surface area contributed by atoms with Gasteiger partial charge in [-0.25, -0.2) is 0 Å². The third-order valence-electron chi connectivity index (χ3n) is 4.31. The predicted molar refractivity (Wildman–Crippen MR) is 80.3 cm³/mol. The Morgan fingerprint density at radius 3 is 2.67 bits per heavy atom. The largest absolute Gasteiger partial charge is 0.360 e. The topological polar surface area (TPSA) is 49.6 Å². The smallest absolute Gasteiger partial charge is 0.276 e. The van der Waals surface area contributed by atoms with Crippen LogP contribution in [0.15, 0.2) is 16.7 Å². The van der Waals surface area contributed by atoms with Gasteiger partial charge in [0, 0.05) is 44.7 Å². The van der Waals surface area contributed by atoms with Crippen LogP contribution in [-0.2, 0) is 12.8 Å². The van der Waals surface area contributed by atoms with Crippen molar-refractivity contribution in [1.29, 1.82) is 0 Å². The first-order valence-corrected chi connectivity index (χ1v) is 7.78. The number of hydrogen-bond acceptors (Lipinski definition) is 4. The lowest BCUT2D eigenvalue weighted by atomic mass is 9.96. The number of amides is 1. The van der Waals surface area contributed by atoms with Gasteiger partial charge in [0.25, 0.3) is 5.91 Å². The van der Waals surface area contributed by atoms with E-state index in [0.717, 1.165) is 69.7 Å². The predicted octanol–water partition coefficient (Wildman–Crippen LogP) is 1.89. The summed E-state index contributed by atoms with van der Waals surface area (Å²) in [5, 5.41) is 4.05. The number of carbonyl (C=O) groups excluding carboxylic acids is 1. The Kier molecular flexibility index (Phi) is 4.10. The Hall–Kier alpha value is -1.62. The lowest BCUT2D eigenvalue weighted by Gasteiger charge is -2.34. The number of hydrogen-bond donors (Lipinski definition) is 0. The molecular weight excluding hydrogens is 266 g/mol. The molecule has 0 N–H and O–H groups in total. The maximum atomic E-state index is 12.6. The molecule has 3 rings (SSSR count). The van der Waals surface area contributed by atoms with Gasteiger partial charge in [-0.3, -0.25) is 9.69 Å². The van der Waals surface area contributed by atoms with Crippen LogP contribution in [0.25, 0.3) is 0 Å². The molecule has 2 aliphatic rings. The van der Waals surface area contributed by atoms with Gasteiger partial charge < -0.3 is 9.42 Å². The van der Waals surface area contributed by atoms with Crippen LogP contribution in [0.1, 0.15) is 41.6 Å². The van der Waals surface area contributed by atoms with E-state index in [2.05, 4.69) is 16.6 Å². The molecule has 2 heterocycles. The number of rotatable bonds is 3. The number of aromatic nitrogens is 1. The summed E-state index contributed by atoms with van der Waals surface area (Å²) in [5.41, 5.74) is 2.77. The molecule has 5 heteroatoms. The van der Waals surface area contributed by atoms with Gasteiger partial charge in [-0.15, -0.1) is 0 Å². The van der Waals surface area contributed by atoms with Gasteiger partial charge in [0.1, 0.15) is 5.76 Å². The van der Waals surface area contributed by atoms with Gasteiger partial charge >= 0.3 is 0 Å². The van der Waals surface area contributed by atoms with Gasteiger partial charge in [0.05, 0.1) is 0 Å². The average Bonchev–Trinajstić information content (AvgIpc) is 2.90. The summed E-state index contributed by atoms with van der Waals surface area (Å²) in [7, 11) is 0. The van der Waals surface area contributed by atoms with Crippen molar-refractivity contribution in [3.63, 3.8) is 0 Å². The first kappa shape index (κ1) is 14.3. The Morgan fingerprint density at radius 1 is 1.24 bits per heavy atom. The van der Waals surface area contributed by atoms with Crippen LogP contribution in [0.5, 0.6) is 0 Å². The van der Waals surface area contributed by atoms with Crippen molar-refractivity contribution in [2.24, 2.45) is 0 Å². The summed E-state index contributed by atoms with van der Waals surface area (Å²) in [6.07, 6.45) is 4.10. The molecule has 1 aromatic rings. The Morgan fingerprint density at radius 2 is 1.95 bits per heavy atom. The molecule has 1 aliphatic heterocycles. The molecule has 0 atom stereocenters. The van der Waals surface area contributed by atoms with Crippen LogP contribution in [0.3, 0.4) is 0 Å². The maximum Gasteiger partial charge on any atom is 0.276 e. The van der Waals surface area contributed by atoms with E-state index in [1.807, 2.05) is 11.8 Å². The van der Waals surface area contributed by atoms with Crippen molar-refractivity contribution in [2.75, 3.05) is 32.7 Å². The van der Waals surface area contributed by atoms with Crippen molar-refractivity contribution >= 4 is 5.91 Å². The molecule has 5 nitrogen and oxygen atoms in total. The third kappa shape index (κ3) is 3.02. The molecule has 0 radical (unpaired) electrons. The van der Waals surface area contributed by atoms with Gasteiger partial charge in [0.15, 0.2) is 5.69 Å². The second-order valence-corrected chi connectivity index (χ2v) is 6.17. The highest BCUT2D eigenvalue weighted by atomic mass is 16.5. The molecule has 1 aliphatic carbocycles. The maximum absolute atomic E-state index is 12.6. The van der Waals surface area contributed by atoms with Crippen LogP contribution >= 0.6 is 0 Å². The number of carbonyl (C=O) groups is 1. The fraction of sp³-hybridized carbons (Fsp3) is 0.625. The van der Waals surface area contributed by atoms with Crippen molar-refractivity contribution in [3.05, 3.63) is 29.2 Å². The van der Waals surface area contributed by atoms with E-state index in [1.165, 1.54) is 5.57 Å². The molecule has 0 spiro atoms. The summed E-state index contributed by atoms with van der Waals surface area (Å²) in [6, 6.07) is 0.